The number of rotatable bonds is 5. The number of carbonyl (C=O) groups excluding carboxylic acids is 1. The van der Waals surface area contributed by atoms with Gasteiger partial charge in [0, 0.05) is 18.3 Å². The average molecular weight is 361 g/mol. The number of nitrogens with zero attached hydrogens (tertiary/aromatic N) is 4. The third kappa shape index (κ3) is 3.32. The first-order chi connectivity index (χ1) is 11.6. The van der Waals surface area contributed by atoms with Crippen LogP contribution in [0, 0.1) is 11.3 Å². The van der Waals surface area contributed by atoms with Gasteiger partial charge in [-0.3, -0.25) is 4.79 Å². The molecule has 2 heterocycles. The Balaban J connectivity index is 1.66. The van der Waals surface area contributed by atoms with E-state index in [0.717, 1.165) is 48.6 Å². The first-order valence-electron chi connectivity index (χ1n) is 7.99. The van der Waals surface area contributed by atoms with Crippen molar-refractivity contribution in [2.24, 2.45) is 7.05 Å². The van der Waals surface area contributed by atoms with Crippen LogP contribution in [-0.4, -0.2) is 26.4 Å². The minimum atomic E-state index is -0.115. The highest BCUT2D eigenvalue weighted by molar-refractivity contribution is 7.99. The van der Waals surface area contributed by atoms with E-state index in [1.807, 2.05) is 18.5 Å². The Morgan fingerprint density at radius 3 is 2.92 bits per heavy atom. The molecule has 0 atom stereocenters. The molecule has 3 rings (SSSR count). The summed E-state index contributed by atoms with van der Waals surface area (Å²) >= 11 is 2.91. The molecule has 126 valence electrons. The van der Waals surface area contributed by atoms with E-state index in [0.29, 0.717) is 10.6 Å². The standard InChI is InChI=1S/C16H19N5OS2/c1-3-13-19-20-16(21(13)2)23-9-14(22)18-15-11(8-17)10-6-4-5-7-12(10)24-15/h3-7,9H2,1-2H3,(H,18,22). The van der Waals surface area contributed by atoms with E-state index in [9.17, 15) is 10.1 Å². The zero-order chi connectivity index (χ0) is 17.1. The lowest BCUT2D eigenvalue weighted by Crippen LogP contribution is -2.14. The highest BCUT2D eigenvalue weighted by Crippen LogP contribution is 2.37. The molecular weight excluding hydrogens is 342 g/mol. The minimum Gasteiger partial charge on any atom is -0.316 e. The molecule has 2 aromatic heterocycles. The zero-order valence-corrected chi connectivity index (χ0v) is 15.4. The van der Waals surface area contributed by atoms with Gasteiger partial charge in [0.1, 0.15) is 16.9 Å². The number of nitriles is 1. The molecule has 24 heavy (non-hydrogen) atoms. The Morgan fingerprint density at radius 1 is 1.42 bits per heavy atom. The van der Waals surface area contributed by atoms with Crippen LogP contribution in [-0.2, 0) is 31.1 Å². The van der Waals surface area contributed by atoms with E-state index >= 15 is 0 Å². The zero-order valence-electron chi connectivity index (χ0n) is 13.8. The molecule has 8 heteroatoms. The molecule has 0 aromatic carbocycles. The molecule has 1 N–H and O–H groups in total. The molecule has 0 unspecified atom stereocenters. The van der Waals surface area contributed by atoms with Gasteiger partial charge < -0.3 is 9.88 Å². The molecule has 1 aliphatic carbocycles. The maximum Gasteiger partial charge on any atom is 0.235 e. The normalized spacial score (nSPS) is 13.4. The van der Waals surface area contributed by atoms with Crippen LogP contribution in [0.4, 0.5) is 5.00 Å². The fourth-order valence-corrected chi connectivity index (χ4v) is 4.83. The Bertz CT molecular complexity index is 802. The lowest BCUT2D eigenvalue weighted by molar-refractivity contribution is -0.113. The number of amides is 1. The lowest BCUT2D eigenvalue weighted by atomic mass is 9.96. The van der Waals surface area contributed by atoms with Crippen molar-refractivity contribution >= 4 is 34.0 Å². The van der Waals surface area contributed by atoms with E-state index in [4.69, 9.17) is 0 Å². The summed E-state index contributed by atoms with van der Waals surface area (Å²) in [5.74, 6) is 1.04. The van der Waals surface area contributed by atoms with Crippen LogP contribution < -0.4 is 5.32 Å². The molecule has 6 nitrogen and oxygen atoms in total. The van der Waals surface area contributed by atoms with E-state index in [1.54, 1.807) is 11.3 Å². The van der Waals surface area contributed by atoms with Gasteiger partial charge in [0.2, 0.25) is 5.91 Å². The smallest absolute Gasteiger partial charge is 0.235 e. The number of nitrogens with one attached hydrogen (secondary N) is 1. The second-order valence-electron chi connectivity index (χ2n) is 5.68. The van der Waals surface area contributed by atoms with Crippen LogP contribution >= 0.6 is 23.1 Å². The number of thioether (sulfide) groups is 1. The first kappa shape index (κ1) is 17.0. The predicted octanol–water partition coefficient (Wildman–Crippen LogP) is 2.92. The van der Waals surface area contributed by atoms with Crippen LogP contribution in [0.5, 0.6) is 0 Å². The molecule has 0 saturated carbocycles. The summed E-state index contributed by atoms with van der Waals surface area (Å²) in [5.41, 5.74) is 1.79. The summed E-state index contributed by atoms with van der Waals surface area (Å²) in [4.78, 5) is 13.5. The Hall–Kier alpha value is -1.85. The highest BCUT2D eigenvalue weighted by Gasteiger charge is 2.22. The average Bonchev–Trinajstić information content (AvgIpc) is 3.12. The van der Waals surface area contributed by atoms with Crippen molar-refractivity contribution in [1.82, 2.24) is 14.8 Å². The van der Waals surface area contributed by atoms with Crippen molar-refractivity contribution in [3.8, 4) is 6.07 Å². The molecule has 0 aliphatic heterocycles. The number of aryl methyl sites for hydroxylation is 2. The summed E-state index contributed by atoms with van der Waals surface area (Å²) in [7, 11) is 1.90. The third-order valence-electron chi connectivity index (χ3n) is 4.11. The van der Waals surface area contributed by atoms with Gasteiger partial charge in [0.05, 0.1) is 11.3 Å². The van der Waals surface area contributed by atoms with Gasteiger partial charge in [-0.2, -0.15) is 5.26 Å². The van der Waals surface area contributed by atoms with E-state index in [2.05, 4.69) is 21.6 Å². The van der Waals surface area contributed by atoms with Gasteiger partial charge in [-0.15, -0.1) is 21.5 Å². The maximum absolute atomic E-state index is 12.3. The quantitative estimate of drug-likeness (QED) is 0.828. The van der Waals surface area contributed by atoms with E-state index in [-0.39, 0.29) is 11.7 Å². The lowest BCUT2D eigenvalue weighted by Gasteiger charge is -2.09. The summed E-state index contributed by atoms with van der Waals surface area (Å²) in [6.07, 6.45) is 5.04. The summed E-state index contributed by atoms with van der Waals surface area (Å²) in [5, 5.41) is 21.9. The van der Waals surface area contributed by atoms with Crippen molar-refractivity contribution in [3.63, 3.8) is 0 Å². The molecule has 2 aromatic rings. The molecular formula is C16H19N5OS2. The molecule has 0 radical (unpaired) electrons. The molecule has 0 spiro atoms. The molecule has 0 saturated heterocycles. The van der Waals surface area contributed by atoms with Gasteiger partial charge in [-0.1, -0.05) is 18.7 Å². The van der Waals surface area contributed by atoms with Crippen molar-refractivity contribution < 1.29 is 4.79 Å². The summed E-state index contributed by atoms with van der Waals surface area (Å²) in [6, 6.07) is 2.27. The Morgan fingerprint density at radius 2 is 2.21 bits per heavy atom. The topological polar surface area (TPSA) is 83.6 Å². The van der Waals surface area contributed by atoms with Crippen LogP contribution in [0.1, 0.15) is 41.6 Å². The van der Waals surface area contributed by atoms with Crippen LogP contribution in [0.3, 0.4) is 0 Å². The summed E-state index contributed by atoms with van der Waals surface area (Å²) in [6.45, 7) is 2.02. The fraction of sp³-hybridized carbons (Fsp3) is 0.500. The fourth-order valence-electron chi connectivity index (χ4n) is 2.84. The number of fused-ring (bicyclic) bond motifs is 1. The van der Waals surface area contributed by atoms with Crippen molar-refractivity contribution in [3.05, 3.63) is 21.8 Å². The SMILES string of the molecule is CCc1nnc(SCC(=O)Nc2sc3c(c2C#N)CCCC3)n1C. The number of aromatic nitrogens is 3. The number of hydrogen-bond donors (Lipinski definition) is 1. The summed E-state index contributed by atoms with van der Waals surface area (Å²) < 4.78 is 1.91. The van der Waals surface area contributed by atoms with E-state index < -0.39 is 0 Å². The van der Waals surface area contributed by atoms with Gasteiger partial charge in [-0.25, -0.2) is 0 Å². The third-order valence-corrected chi connectivity index (χ3v) is 6.34. The van der Waals surface area contributed by atoms with Crippen molar-refractivity contribution in [1.29, 1.82) is 5.26 Å². The van der Waals surface area contributed by atoms with Gasteiger partial charge >= 0.3 is 0 Å². The van der Waals surface area contributed by atoms with Crippen molar-refractivity contribution in [2.75, 3.05) is 11.1 Å². The second kappa shape index (κ2) is 7.36. The second-order valence-corrected chi connectivity index (χ2v) is 7.72. The maximum atomic E-state index is 12.3. The Kier molecular flexibility index (Phi) is 5.21. The number of hydrogen-bond acceptors (Lipinski definition) is 6. The van der Waals surface area contributed by atoms with Crippen molar-refractivity contribution in [2.45, 2.75) is 44.2 Å². The molecule has 0 bridgehead atoms. The Labute approximate surface area is 149 Å². The van der Waals surface area contributed by atoms with Gasteiger partial charge in [-0.05, 0) is 31.2 Å². The molecule has 0 fully saturated rings. The van der Waals surface area contributed by atoms with Gasteiger partial charge in [0.15, 0.2) is 5.16 Å². The van der Waals surface area contributed by atoms with Crippen LogP contribution in [0.25, 0.3) is 0 Å². The number of carbonyl (C=O) groups is 1. The van der Waals surface area contributed by atoms with Crippen LogP contribution in [0.2, 0.25) is 0 Å². The monoisotopic (exact) mass is 361 g/mol. The van der Waals surface area contributed by atoms with Crippen LogP contribution in [0.15, 0.2) is 5.16 Å². The molecule has 1 amide bonds. The first-order valence-corrected chi connectivity index (χ1v) is 9.79. The predicted molar refractivity (Wildman–Crippen MR) is 95.4 cm³/mol. The minimum absolute atomic E-state index is 0.115. The van der Waals surface area contributed by atoms with E-state index in [1.165, 1.54) is 16.6 Å². The number of anilines is 1. The molecule has 1 aliphatic rings. The highest BCUT2D eigenvalue weighted by atomic mass is 32.2. The number of thiophene rings is 1. The van der Waals surface area contributed by atoms with Gasteiger partial charge in [0.25, 0.3) is 0 Å². The largest absolute Gasteiger partial charge is 0.316 e.